The number of rotatable bonds is 8. The van der Waals surface area contributed by atoms with Crippen molar-refractivity contribution in [3.8, 4) is 5.69 Å². The largest absolute Gasteiger partial charge is 0.417 e. The summed E-state index contributed by atoms with van der Waals surface area (Å²) in [5.74, 6) is -0.898. The molecule has 1 amide bonds. The topological polar surface area (TPSA) is 83.8 Å². The van der Waals surface area contributed by atoms with Crippen molar-refractivity contribution < 1.29 is 26.4 Å². The van der Waals surface area contributed by atoms with E-state index in [0.29, 0.717) is 31.7 Å². The normalized spacial score (nSPS) is 12.1. The summed E-state index contributed by atoms with van der Waals surface area (Å²) in [6.45, 7) is 2.80. The van der Waals surface area contributed by atoms with Crippen LogP contribution in [-0.2, 0) is 21.0 Å². The minimum Gasteiger partial charge on any atom is -0.318 e. The van der Waals surface area contributed by atoms with Crippen LogP contribution in [-0.4, -0.2) is 31.7 Å². The zero-order valence-electron chi connectivity index (χ0n) is 22.0. The second-order valence-corrected chi connectivity index (χ2v) is 12.2. The Morgan fingerprint density at radius 1 is 0.976 bits per heavy atom. The van der Waals surface area contributed by atoms with Gasteiger partial charge in [-0.25, -0.2) is 13.8 Å². The van der Waals surface area contributed by atoms with E-state index in [4.69, 9.17) is 34.8 Å². The first-order chi connectivity index (χ1) is 19.7. The molecule has 0 atom stereocenters. The SMILES string of the molecule is Cc1cc(/C=N\NC(=O)CN(c2ccc(Cl)c(C(F)(F)F)c2)S(=O)(=O)c2ccccc2)c(C)n1-c1cc(Cl)cc(Cl)c1. The molecule has 4 rings (SSSR count). The molecule has 0 fully saturated rings. The molecular weight excluding hydrogens is 636 g/mol. The van der Waals surface area contributed by atoms with Gasteiger partial charge in [0.25, 0.3) is 15.9 Å². The third kappa shape index (κ3) is 6.92. The Morgan fingerprint density at radius 3 is 2.24 bits per heavy atom. The molecule has 220 valence electrons. The number of carbonyl (C=O) groups excluding carboxylic acids is 1. The number of aryl methyl sites for hydroxylation is 1. The van der Waals surface area contributed by atoms with E-state index in [2.05, 4.69) is 10.5 Å². The first-order valence-electron chi connectivity index (χ1n) is 12.1. The summed E-state index contributed by atoms with van der Waals surface area (Å²) in [4.78, 5) is 12.7. The zero-order valence-corrected chi connectivity index (χ0v) is 25.0. The molecule has 7 nitrogen and oxygen atoms in total. The number of hydrogen-bond acceptors (Lipinski definition) is 4. The number of nitrogens with one attached hydrogen (secondary N) is 1. The number of anilines is 1. The van der Waals surface area contributed by atoms with Crippen molar-refractivity contribution in [3.05, 3.63) is 110 Å². The maximum atomic E-state index is 13.5. The number of amides is 1. The average Bonchev–Trinajstić information content (AvgIpc) is 3.19. The molecule has 3 aromatic carbocycles. The number of halogens is 6. The predicted molar refractivity (Wildman–Crippen MR) is 158 cm³/mol. The number of benzene rings is 3. The third-order valence-electron chi connectivity index (χ3n) is 6.13. The van der Waals surface area contributed by atoms with E-state index in [1.165, 1.54) is 30.5 Å². The molecule has 0 radical (unpaired) electrons. The number of nitrogens with zero attached hydrogens (tertiary/aromatic N) is 3. The van der Waals surface area contributed by atoms with E-state index >= 15 is 0 Å². The Labute approximate surface area is 255 Å². The van der Waals surface area contributed by atoms with Gasteiger partial charge in [0, 0.05) is 32.7 Å². The average molecular weight is 658 g/mol. The zero-order chi connectivity index (χ0) is 30.8. The van der Waals surface area contributed by atoms with Crippen molar-refractivity contribution in [2.75, 3.05) is 10.8 Å². The molecule has 0 spiro atoms. The van der Waals surface area contributed by atoms with Crippen molar-refractivity contribution in [2.45, 2.75) is 24.9 Å². The quantitative estimate of drug-likeness (QED) is 0.158. The Balaban J connectivity index is 1.61. The van der Waals surface area contributed by atoms with Gasteiger partial charge in [0.05, 0.1) is 27.4 Å². The number of hydrogen-bond donors (Lipinski definition) is 1. The van der Waals surface area contributed by atoms with Crippen LogP contribution < -0.4 is 9.73 Å². The van der Waals surface area contributed by atoms with Gasteiger partial charge in [0.1, 0.15) is 6.54 Å². The lowest BCUT2D eigenvalue weighted by atomic mass is 10.2. The summed E-state index contributed by atoms with van der Waals surface area (Å²) in [6, 6.07) is 16.5. The third-order valence-corrected chi connectivity index (χ3v) is 8.68. The molecule has 14 heteroatoms. The summed E-state index contributed by atoms with van der Waals surface area (Å²) in [6.07, 6.45) is -3.49. The van der Waals surface area contributed by atoms with E-state index in [1.54, 1.807) is 30.3 Å². The van der Waals surface area contributed by atoms with E-state index < -0.39 is 44.9 Å². The molecule has 1 N–H and O–H groups in total. The molecule has 1 aromatic heterocycles. The second-order valence-electron chi connectivity index (χ2n) is 9.07. The van der Waals surface area contributed by atoms with Gasteiger partial charge in [-0.2, -0.15) is 18.3 Å². The highest BCUT2D eigenvalue weighted by molar-refractivity contribution is 7.92. The van der Waals surface area contributed by atoms with Gasteiger partial charge >= 0.3 is 6.18 Å². The molecule has 4 aromatic rings. The Bertz CT molecular complexity index is 1760. The molecule has 42 heavy (non-hydrogen) atoms. The number of hydrazone groups is 1. The van der Waals surface area contributed by atoms with E-state index in [0.717, 1.165) is 23.5 Å². The van der Waals surface area contributed by atoms with Gasteiger partial charge in [-0.3, -0.25) is 9.10 Å². The standard InChI is InChI=1S/C28H22Cl3F3N4O3S/c1-17-10-19(18(2)38(17)23-12-20(29)11-21(30)13-23)15-35-36-27(39)16-37(42(40,41)24-6-4-3-5-7-24)22-8-9-26(31)25(14-22)28(32,33)34/h3-15H,16H2,1-2H3,(H,36,39)/b35-15-. The van der Waals surface area contributed by atoms with E-state index in [9.17, 15) is 26.4 Å². The molecule has 0 saturated heterocycles. The van der Waals surface area contributed by atoms with Gasteiger partial charge in [-0.05, 0) is 68.4 Å². The fourth-order valence-electron chi connectivity index (χ4n) is 4.24. The molecule has 0 aliphatic carbocycles. The van der Waals surface area contributed by atoms with Crippen LogP contribution in [0.1, 0.15) is 22.5 Å². The van der Waals surface area contributed by atoms with E-state index in [1.807, 2.05) is 18.4 Å². The minimum absolute atomic E-state index is 0.224. The van der Waals surface area contributed by atoms with Crippen LogP contribution in [0.2, 0.25) is 15.1 Å². The van der Waals surface area contributed by atoms with E-state index in [-0.39, 0.29) is 4.90 Å². The Morgan fingerprint density at radius 2 is 1.62 bits per heavy atom. The first-order valence-corrected chi connectivity index (χ1v) is 14.7. The summed E-state index contributed by atoms with van der Waals surface area (Å²) < 4.78 is 70.0. The lowest BCUT2D eigenvalue weighted by Crippen LogP contribution is -2.39. The Hall–Kier alpha value is -3.51. The molecule has 1 heterocycles. The number of carbonyl (C=O) groups is 1. The highest BCUT2D eigenvalue weighted by Crippen LogP contribution is 2.38. The number of sulfonamides is 1. The first kappa shape index (κ1) is 31.4. The number of aromatic nitrogens is 1. The van der Waals surface area contributed by atoms with Crippen LogP contribution >= 0.6 is 34.8 Å². The van der Waals surface area contributed by atoms with Crippen LogP contribution in [0, 0.1) is 13.8 Å². The summed E-state index contributed by atoms with van der Waals surface area (Å²) in [5, 5.41) is 4.23. The fraction of sp³-hybridized carbons (Fsp3) is 0.143. The van der Waals surface area contributed by atoms with Gasteiger partial charge < -0.3 is 4.57 Å². The lowest BCUT2D eigenvalue weighted by Gasteiger charge is -2.24. The van der Waals surface area contributed by atoms with Gasteiger partial charge in [0.2, 0.25) is 0 Å². The monoisotopic (exact) mass is 656 g/mol. The summed E-state index contributed by atoms with van der Waals surface area (Å²) >= 11 is 18.0. The van der Waals surface area contributed by atoms with Crippen LogP contribution in [0.25, 0.3) is 5.69 Å². The van der Waals surface area contributed by atoms with Crippen molar-refractivity contribution in [1.29, 1.82) is 0 Å². The summed E-state index contributed by atoms with van der Waals surface area (Å²) in [7, 11) is -4.46. The lowest BCUT2D eigenvalue weighted by molar-refractivity contribution is -0.137. The highest BCUT2D eigenvalue weighted by Gasteiger charge is 2.35. The Kier molecular flexibility index (Phi) is 9.27. The molecule has 0 aliphatic rings. The van der Waals surface area contributed by atoms with Crippen LogP contribution in [0.4, 0.5) is 18.9 Å². The van der Waals surface area contributed by atoms with Crippen LogP contribution in [0.5, 0.6) is 0 Å². The smallest absolute Gasteiger partial charge is 0.318 e. The molecule has 0 bridgehead atoms. The van der Waals surface area contributed by atoms with Crippen molar-refractivity contribution in [1.82, 2.24) is 9.99 Å². The van der Waals surface area contributed by atoms with Crippen molar-refractivity contribution in [2.24, 2.45) is 5.10 Å². The molecule has 0 saturated carbocycles. The van der Waals surface area contributed by atoms with Crippen LogP contribution in [0.3, 0.4) is 0 Å². The molecular formula is C28H22Cl3F3N4O3S. The van der Waals surface area contributed by atoms with Gasteiger partial charge in [-0.15, -0.1) is 0 Å². The van der Waals surface area contributed by atoms with Crippen molar-refractivity contribution in [3.63, 3.8) is 0 Å². The van der Waals surface area contributed by atoms with Crippen LogP contribution in [0.15, 0.2) is 82.8 Å². The number of alkyl halides is 3. The molecule has 0 unspecified atom stereocenters. The molecule has 0 aliphatic heterocycles. The summed E-state index contributed by atoms with van der Waals surface area (Å²) in [5.41, 5.74) is 3.52. The maximum Gasteiger partial charge on any atom is 0.417 e. The van der Waals surface area contributed by atoms with Crippen molar-refractivity contribution >= 4 is 62.6 Å². The highest BCUT2D eigenvalue weighted by atomic mass is 35.5. The maximum absolute atomic E-state index is 13.5. The fourth-order valence-corrected chi connectivity index (χ4v) is 6.42. The van der Waals surface area contributed by atoms with Gasteiger partial charge in [-0.1, -0.05) is 53.0 Å². The predicted octanol–water partition coefficient (Wildman–Crippen LogP) is 7.42. The van der Waals surface area contributed by atoms with Gasteiger partial charge in [0.15, 0.2) is 0 Å². The second kappa shape index (κ2) is 12.4. The minimum atomic E-state index is -4.86.